The molecule has 5 aromatic rings. The smallest absolute Gasteiger partial charge is 0.368 e. The second kappa shape index (κ2) is 39.6. The van der Waals surface area contributed by atoms with Crippen molar-refractivity contribution in [2.75, 3.05) is 68.1 Å². The number of hydrogen-bond acceptors (Lipinski definition) is 9. The van der Waals surface area contributed by atoms with Crippen LogP contribution in [0, 0.1) is 0 Å². The first-order chi connectivity index (χ1) is 41.1. The maximum Gasteiger partial charge on any atom is 0.368 e. The number of benzene rings is 4. The number of nitrogens with two attached hydrogens (primary N) is 1. The van der Waals surface area contributed by atoms with Crippen LogP contribution >= 0.6 is 7.60 Å². The Morgan fingerprint density at radius 3 is 1.54 bits per heavy atom. The highest BCUT2D eigenvalue weighted by atomic mass is 31.2. The molecule has 4 N–H and O–H groups in total. The molecule has 15 heteroatoms. The van der Waals surface area contributed by atoms with Crippen LogP contribution in [0.15, 0.2) is 108 Å². The van der Waals surface area contributed by atoms with Crippen molar-refractivity contribution in [3.63, 3.8) is 0 Å². The van der Waals surface area contributed by atoms with E-state index in [1.807, 2.05) is 36.4 Å². The van der Waals surface area contributed by atoms with E-state index in [2.05, 4.69) is 72.3 Å². The Labute approximate surface area is 504 Å². The maximum atomic E-state index is 16.0. The van der Waals surface area contributed by atoms with Gasteiger partial charge in [-0.2, -0.15) is 9.99 Å². The van der Waals surface area contributed by atoms with Gasteiger partial charge in [-0.25, -0.2) is 14.3 Å². The van der Waals surface area contributed by atoms with Gasteiger partial charge in [-0.1, -0.05) is 260 Å². The number of ether oxygens (including phenoxy) is 3. The summed E-state index contributed by atoms with van der Waals surface area (Å²) in [5.74, 6) is 0.0152. The lowest BCUT2D eigenvalue weighted by Gasteiger charge is -2.49. The van der Waals surface area contributed by atoms with E-state index in [4.69, 9.17) is 19.9 Å². The Bertz CT molecular complexity index is 2770. The summed E-state index contributed by atoms with van der Waals surface area (Å²) in [6.45, 7) is 6.99. The highest BCUT2D eigenvalue weighted by Gasteiger charge is 2.45. The van der Waals surface area contributed by atoms with Crippen molar-refractivity contribution in [1.29, 1.82) is 0 Å². The summed E-state index contributed by atoms with van der Waals surface area (Å²) in [5, 5.41) is 5.42. The van der Waals surface area contributed by atoms with Gasteiger partial charge in [-0.3, -0.25) is 9.46 Å². The van der Waals surface area contributed by atoms with Crippen molar-refractivity contribution in [3.05, 3.63) is 119 Å². The van der Waals surface area contributed by atoms with Gasteiger partial charge in [0.15, 0.2) is 6.17 Å². The van der Waals surface area contributed by atoms with Crippen LogP contribution in [0.25, 0.3) is 27.1 Å². The minimum absolute atomic E-state index is 0.0152. The number of allylic oxidation sites excluding steroid dienone is 1. The van der Waals surface area contributed by atoms with Gasteiger partial charge in [0.1, 0.15) is 12.2 Å². The van der Waals surface area contributed by atoms with Gasteiger partial charge >= 0.3 is 19.3 Å². The number of anilines is 2. The maximum absolute atomic E-state index is 16.0. The summed E-state index contributed by atoms with van der Waals surface area (Å²) in [5.41, 5.74) is 8.64. The molecule has 0 fully saturated rings. The molecule has 1 aromatic heterocycles. The Morgan fingerprint density at radius 2 is 1.00 bits per heavy atom. The van der Waals surface area contributed by atoms with Gasteiger partial charge in [-0.15, -0.1) is 0 Å². The standard InChI is InChI=1S/C69H105N6O8P/c1-3-5-7-9-11-13-15-17-19-21-23-25-27-33-52-81-54-37-47-64-66(62-45-35-41-58-39-29-31-43-60(58)62)67(75(74-50-48-65(70)71-68(74)76)69(77)73(64)51-56-83-57-84(78,79)80)72(63-46-36-42-59-40-30-32-44-61(59)63)49-38-55-82-53-34-28-26-24-22-20-18-16-14-12-10-8-6-4-2/h29-32,35-36,39-46,48,50,67H,3-28,33-34,37-38,47,49,51-57H2,1-2H3,(H2,70,71,76)(H2,78,79,80). The number of aromatic nitrogens is 2. The quantitative estimate of drug-likeness (QED) is 0.0250. The molecule has 1 unspecified atom stereocenters. The first-order valence-corrected chi connectivity index (χ1v) is 34.6. The van der Waals surface area contributed by atoms with Crippen LogP contribution in [0.5, 0.6) is 0 Å². The highest BCUT2D eigenvalue weighted by molar-refractivity contribution is 7.51. The molecule has 0 saturated carbocycles. The molecule has 0 spiro atoms. The van der Waals surface area contributed by atoms with E-state index in [1.165, 1.54) is 176 Å². The molecule has 6 rings (SSSR count). The number of hydrogen-bond donors (Lipinski definition) is 3. The van der Waals surface area contributed by atoms with Crippen molar-refractivity contribution in [2.24, 2.45) is 0 Å². The first kappa shape index (κ1) is 68.0. The number of amides is 2. The number of carbonyl (C=O) groups excluding carboxylic acids is 1. The first-order valence-electron chi connectivity index (χ1n) is 32.8. The largest absolute Gasteiger partial charge is 0.383 e. The molecule has 0 bridgehead atoms. The molecule has 0 saturated heterocycles. The van der Waals surface area contributed by atoms with Crippen LogP contribution in [0.4, 0.5) is 16.3 Å². The molecule has 2 heterocycles. The van der Waals surface area contributed by atoms with Crippen molar-refractivity contribution >= 4 is 52.3 Å². The summed E-state index contributed by atoms with van der Waals surface area (Å²) in [4.78, 5) is 58.0. The molecule has 0 radical (unpaired) electrons. The lowest BCUT2D eigenvalue weighted by atomic mass is 9.90. The van der Waals surface area contributed by atoms with Gasteiger partial charge in [0.25, 0.3) is 0 Å². The van der Waals surface area contributed by atoms with Crippen LogP contribution in [0.1, 0.15) is 218 Å². The van der Waals surface area contributed by atoms with E-state index < -0.39 is 31.8 Å². The summed E-state index contributed by atoms with van der Waals surface area (Å²) in [6.07, 6.45) is 37.5. The third kappa shape index (κ3) is 23.3. The Morgan fingerprint density at radius 1 is 0.536 bits per heavy atom. The fourth-order valence-electron chi connectivity index (χ4n) is 11.9. The normalized spacial score (nSPS) is 14.0. The van der Waals surface area contributed by atoms with Gasteiger partial charge in [0, 0.05) is 61.5 Å². The molecular weight excluding hydrogens is 1070 g/mol. The van der Waals surface area contributed by atoms with Crippen molar-refractivity contribution in [2.45, 2.75) is 219 Å². The minimum Gasteiger partial charge on any atom is -0.383 e. The fraction of sp³-hybridized carbons (Fsp3) is 0.609. The number of rotatable bonds is 47. The molecule has 1 aliphatic heterocycles. The highest BCUT2D eigenvalue weighted by Crippen LogP contribution is 2.42. The van der Waals surface area contributed by atoms with E-state index in [-0.39, 0.29) is 19.0 Å². The van der Waals surface area contributed by atoms with Crippen molar-refractivity contribution in [3.8, 4) is 0 Å². The lowest BCUT2D eigenvalue weighted by Crippen LogP contribution is -2.66. The Hall–Kier alpha value is -5.08. The third-order valence-corrected chi connectivity index (χ3v) is 17.0. The topological polar surface area (TPSA) is 173 Å². The van der Waals surface area contributed by atoms with Crippen LogP contribution in [-0.2, 0) is 18.8 Å². The Balaban J connectivity index is 1.25. The molecule has 1 aliphatic rings. The second-order valence-electron chi connectivity index (χ2n) is 23.3. The van der Waals surface area contributed by atoms with E-state index >= 15 is 4.79 Å². The van der Waals surface area contributed by atoms with Crippen LogP contribution < -0.4 is 21.3 Å². The monoisotopic (exact) mass is 1180 g/mol. The van der Waals surface area contributed by atoms with Crippen LogP contribution in [0.2, 0.25) is 0 Å². The zero-order valence-corrected chi connectivity index (χ0v) is 52.4. The zero-order chi connectivity index (χ0) is 59.5. The number of nitrogen functional groups attached to an aromatic ring is 1. The minimum atomic E-state index is -4.53. The average Bonchev–Trinajstić information content (AvgIpc) is 0.801. The van der Waals surface area contributed by atoms with Gasteiger partial charge in [0.2, 0.25) is 0 Å². The Kier molecular flexibility index (Phi) is 32.1. The second-order valence-corrected chi connectivity index (χ2v) is 24.9. The van der Waals surface area contributed by atoms with E-state index in [1.54, 1.807) is 4.90 Å². The van der Waals surface area contributed by atoms with Crippen molar-refractivity contribution in [1.82, 2.24) is 14.6 Å². The summed E-state index contributed by atoms with van der Waals surface area (Å²) < 4.78 is 31.7. The number of nitrogens with zero attached hydrogens (tertiary/aromatic N) is 5. The number of urea groups is 1. The molecule has 4 aromatic carbocycles. The number of unbranched alkanes of at least 4 members (excludes halogenated alkanes) is 26. The van der Waals surface area contributed by atoms with E-state index in [0.29, 0.717) is 57.9 Å². The molecule has 2 amide bonds. The molecule has 1 atom stereocenters. The van der Waals surface area contributed by atoms with E-state index in [0.717, 1.165) is 64.1 Å². The molecular formula is C69H105N6O8P. The summed E-state index contributed by atoms with van der Waals surface area (Å²) >= 11 is 0. The molecule has 0 aliphatic carbocycles. The summed E-state index contributed by atoms with van der Waals surface area (Å²) in [6, 6.07) is 29.8. The van der Waals surface area contributed by atoms with Crippen LogP contribution in [0.3, 0.4) is 0 Å². The lowest BCUT2D eigenvalue weighted by molar-refractivity contribution is 0.121. The SMILES string of the molecule is CCCCCCCCCCCCCCCCOCCCC1=C(c2cccc3ccccc23)C(N(CCCOCCCCCCCCCCCCCCCC)c2cccc3ccccc23)N(n2ccc(N)nc2=O)C(=O)N1CCOCP(=O)(O)O. The predicted molar refractivity (Wildman–Crippen MR) is 348 cm³/mol. The zero-order valence-electron chi connectivity index (χ0n) is 51.5. The molecule has 14 nitrogen and oxygen atoms in total. The molecule has 84 heavy (non-hydrogen) atoms. The van der Waals surface area contributed by atoms with E-state index in [9.17, 15) is 19.1 Å². The van der Waals surface area contributed by atoms with Gasteiger partial charge < -0.3 is 34.6 Å². The predicted octanol–water partition coefficient (Wildman–Crippen LogP) is 17.1. The third-order valence-electron chi connectivity index (χ3n) is 16.4. The summed E-state index contributed by atoms with van der Waals surface area (Å²) in [7, 11) is -4.53. The van der Waals surface area contributed by atoms with Gasteiger partial charge in [0.05, 0.1) is 13.2 Å². The molecule has 464 valence electrons. The average molecular weight is 1180 g/mol. The van der Waals surface area contributed by atoms with Gasteiger partial charge in [-0.05, 0) is 66.0 Å². The number of carbonyl (C=O) groups is 1. The van der Waals surface area contributed by atoms with Crippen molar-refractivity contribution < 1.29 is 33.4 Å². The number of fused-ring (bicyclic) bond motifs is 2. The van der Waals surface area contributed by atoms with Crippen LogP contribution in [-0.4, -0.2) is 89.0 Å². The fourth-order valence-corrected chi connectivity index (χ4v) is 12.3.